The summed E-state index contributed by atoms with van der Waals surface area (Å²) in [6.07, 6.45) is 1.53. The summed E-state index contributed by atoms with van der Waals surface area (Å²) in [6.45, 7) is 0. The topological polar surface area (TPSA) is 114 Å². The lowest BCUT2D eigenvalue weighted by Crippen LogP contribution is -2.05. The first-order valence-electron chi connectivity index (χ1n) is 6.99. The highest BCUT2D eigenvalue weighted by Crippen LogP contribution is 2.29. The minimum Gasteiger partial charge on any atom is -0.493 e. The molecular formula is C15H12N6O3. The zero-order valence-corrected chi connectivity index (χ0v) is 12.6. The molecule has 9 nitrogen and oxygen atoms in total. The summed E-state index contributed by atoms with van der Waals surface area (Å²) in [5.41, 5.74) is 5.92. The molecule has 2 N–H and O–H groups in total. The molecule has 120 valence electrons. The number of hydrogen-bond donors (Lipinski definition) is 1. The Morgan fingerprint density at radius 2 is 1.88 bits per heavy atom. The molecule has 4 rings (SSSR count). The van der Waals surface area contributed by atoms with Crippen LogP contribution in [0.4, 0.5) is 5.95 Å². The molecule has 0 amide bonds. The average Bonchev–Trinajstić information content (AvgIpc) is 3.24. The molecule has 0 aliphatic carbocycles. The number of rotatable bonds is 4. The Hall–Kier alpha value is -3.62. The molecule has 3 heterocycles. The zero-order valence-electron chi connectivity index (χ0n) is 12.6. The van der Waals surface area contributed by atoms with Crippen molar-refractivity contribution >= 4 is 11.7 Å². The lowest BCUT2D eigenvalue weighted by molar-refractivity contribution is 0.368. The van der Waals surface area contributed by atoms with E-state index in [1.807, 2.05) is 12.1 Å². The van der Waals surface area contributed by atoms with Crippen molar-refractivity contribution in [3.63, 3.8) is 0 Å². The van der Waals surface area contributed by atoms with E-state index in [1.54, 1.807) is 31.4 Å². The first-order valence-corrected chi connectivity index (χ1v) is 6.99. The van der Waals surface area contributed by atoms with Gasteiger partial charge in [0, 0.05) is 0 Å². The van der Waals surface area contributed by atoms with E-state index in [0.29, 0.717) is 23.1 Å². The number of furan rings is 1. The van der Waals surface area contributed by atoms with Gasteiger partial charge in [-0.2, -0.15) is 19.5 Å². The van der Waals surface area contributed by atoms with E-state index in [2.05, 4.69) is 20.1 Å². The summed E-state index contributed by atoms with van der Waals surface area (Å²) < 4.78 is 17.5. The van der Waals surface area contributed by atoms with E-state index >= 15 is 0 Å². The van der Waals surface area contributed by atoms with Crippen LogP contribution < -0.4 is 15.2 Å². The quantitative estimate of drug-likeness (QED) is 0.607. The van der Waals surface area contributed by atoms with Crippen LogP contribution >= 0.6 is 0 Å². The maximum Gasteiger partial charge on any atom is 0.328 e. The van der Waals surface area contributed by atoms with Crippen molar-refractivity contribution in [2.75, 3.05) is 12.8 Å². The highest BCUT2D eigenvalue weighted by atomic mass is 16.5. The Kier molecular flexibility index (Phi) is 3.23. The number of anilines is 1. The lowest BCUT2D eigenvalue weighted by atomic mass is 10.3. The lowest BCUT2D eigenvalue weighted by Gasteiger charge is -2.08. The van der Waals surface area contributed by atoms with Crippen LogP contribution in [-0.4, -0.2) is 31.7 Å². The molecule has 1 aromatic carbocycles. The third-order valence-electron chi connectivity index (χ3n) is 3.22. The van der Waals surface area contributed by atoms with Crippen LogP contribution in [0, 0.1) is 0 Å². The Morgan fingerprint density at radius 1 is 1.04 bits per heavy atom. The van der Waals surface area contributed by atoms with Crippen LogP contribution in [0.25, 0.3) is 17.4 Å². The highest BCUT2D eigenvalue weighted by molar-refractivity contribution is 5.51. The summed E-state index contributed by atoms with van der Waals surface area (Å²) >= 11 is 0. The second-order valence-corrected chi connectivity index (χ2v) is 4.74. The third kappa shape index (κ3) is 2.37. The zero-order chi connectivity index (χ0) is 16.5. The predicted molar refractivity (Wildman–Crippen MR) is 83.8 cm³/mol. The number of aromatic nitrogens is 5. The molecule has 0 spiro atoms. The molecule has 0 aliphatic heterocycles. The number of benzene rings is 1. The molecule has 4 aromatic rings. The first-order chi connectivity index (χ1) is 11.7. The van der Waals surface area contributed by atoms with Crippen molar-refractivity contribution in [2.45, 2.75) is 0 Å². The molecule has 0 bridgehead atoms. The Morgan fingerprint density at radius 3 is 2.62 bits per heavy atom. The third-order valence-corrected chi connectivity index (χ3v) is 3.22. The summed E-state index contributed by atoms with van der Waals surface area (Å²) in [6, 6.07) is 10.7. The largest absolute Gasteiger partial charge is 0.493 e. The van der Waals surface area contributed by atoms with Crippen LogP contribution in [0.15, 0.2) is 47.1 Å². The van der Waals surface area contributed by atoms with E-state index in [4.69, 9.17) is 19.6 Å². The number of nitrogens with zero attached hydrogens (tertiary/aromatic N) is 5. The second kappa shape index (κ2) is 5.54. The molecule has 0 unspecified atom stereocenters. The maximum atomic E-state index is 5.92. The first kappa shape index (κ1) is 14.0. The molecule has 24 heavy (non-hydrogen) atoms. The molecule has 0 atom stereocenters. The molecule has 0 saturated carbocycles. The smallest absolute Gasteiger partial charge is 0.328 e. The summed E-state index contributed by atoms with van der Waals surface area (Å²) in [7, 11) is 1.55. The Labute approximate surface area is 135 Å². The van der Waals surface area contributed by atoms with Crippen molar-refractivity contribution in [1.29, 1.82) is 0 Å². The van der Waals surface area contributed by atoms with Crippen LogP contribution in [0.5, 0.6) is 17.5 Å². The van der Waals surface area contributed by atoms with Crippen LogP contribution in [-0.2, 0) is 0 Å². The van der Waals surface area contributed by atoms with Crippen LogP contribution in [0.3, 0.4) is 0 Å². The molecule has 9 heteroatoms. The van der Waals surface area contributed by atoms with Crippen molar-refractivity contribution in [3.8, 4) is 29.1 Å². The number of ether oxygens (including phenoxy) is 2. The van der Waals surface area contributed by atoms with Gasteiger partial charge in [-0.05, 0) is 24.3 Å². The van der Waals surface area contributed by atoms with E-state index in [1.165, 1.54) is 10.8 Å². The summed E-state index contributed by atoms with van der Waals surface area (Å²) in [5.74, 6) is 2.23. The van der Waals surface area contributed by atoms with Gasteiger partial charge in [-0.3, -0.25) is 0 Å². The van der Waals surface area contributed by atoms with Gasteiger partial charge in [0.05, 0.1) is 13.4 Å². The number of hydrogen-bond acceptors (Lipinski definition) is 8. The maximum absolute atomic E-state index is 5.92. The molecule has 0 aliphatic rings. The molecule has 0 radical (unpaired) electrons. The van der Waals surface area contributed by atoms with Gasteiger partial charge in [0.25, 0.3) is 5.78 Å². The number of nitrogens with two attached hydrogens (primary N) is 1. The van der Waals surface area contributed by atoms with E-state index < -0.39 is 0 Å². The molecule has 0 fully saturated rings. The van der Waals surface area contributed by atoms with Crippen LogP contribution in [0.2, 0.25) is 0 Å². The fraction of sp³-hybridized carbons (Fsp3) is 0.0667. The van der Waals surface area contributed by atoms with E-state index in [0.717, 1.165) is 0 Å². The van der Waals surface area contributed by atoms with E-state index in [-0.39, 0.29) is 17.7 Å². The normalized spacial score (nSPS) is 10.9. The van der Waals surface area contributed by atoms with Gasteiger partial charge in [-0.1, -0.05) is 12.1 Å². The van der Waals surface area contributed by atoms with Gasteiger partial charge in [0.2, 0.25) is 11.8 Å². The highest BCUT2D eigenvalue weighted by Gasteiger charge is 2.15. The number of para-hydroxylation sites is 2. The monoisotopic (exact) mass is 324 g/mol. The van der Waals surface area contributed by atoms with Crippen molar-refractivity contribution in [3.05, 3.63) is 42.7 Å². The van der Waals surface area contributed by atoms with Gasteiger partial charge in [0.1, 0.15) is 0 Å². The minimum absolute atomic E-state index is 0.0443. The Balaban J connectivity index is 1.74. The van der Waals surface area contributed by atoms with Gasteiger partial charge in [0.15, 0.2) is 17.3 Å². The predicted octanol–water partition coefficient (Wildman–Crippen LogP) is 2.16. The Bertz CT molecular complexity index is 996. The average molecular weight is 324 g/mol. The fourth-order valence-corrected chi connectivity index (χ4v) is 2.14. The van der Waals surface area contributed by atoms with Crippen molar-refractivity contribution in [1.82, 2.24) is 24.6 Å². The number of fused-ring (bicyclic) bond motifs is 1. The van der Waals surface area contributed by atoms with Gasteiger partial charge in [-0.15, -0.1) is 5.10 Å². The molecular weight excluding hydrogens is 312 g/mol. The number of nitrogen functional groups attached to an aromatic ring is 1. The molecule has 0 saturated heterocycles. The minimum atomic E-state index is 0.0443. The fourth-order valence-electron chi connectivity index (χ4n) is 2.14. The number of methoxy groups -OCH3 is 1. The van der Waals surface area contributed by atoms with Gasteiger partial charge >= 0.3 is 6.01 Å². The van der Waals surface area contributed by atoms with Gasteiger partial charge in [-0.25, -0.2) is 0 Å². The van der Waals surface area contributed by atoms with E-state index in [9.17, 15) is 0 Å². The van der Waals surface area contributed by atoms with Crippen LogP contribution in [0.1, 0.15) is 0 Å². The SMILES string of the molecule is COc1ccccc1Oc1nc(N)n2nc(-c3ccco3)nc2n1. The van der Waals surface area contributed by atoms with Crippen molar-refractivity contribution < 1.29 is 13.9 Å². The van der Waals surface area contributed by atoms with Crippen molar-refractivity contribution in [2.24, 2.45) is 0 Å². The summed E-state index contributed by atoms with van der Waals surface area (Å²) in [4.78, 5) is 12.6. The molecule has 3 aromatic heterocycles. The standard InChI is InChI=1S/C15H12N6O3/c1-22-9-5-2-3-6-10(9)24-15-18-13(16)21-14(19-15)17-12(20-21)11-7-4-8-23-11/h2-8H,1H3,(H2,16,17,18,19,20). The second-order valence-electron chi connectivity index (χ2n) is 4.74. The van der Waals surface area contributed by atoms with Gasteiger partial charge < -0.3 is 19.6 Å². The summed E-state index contributed by atoms with van der Waals surface area (Å²) in [5, 5.41) is 4.22.